The molecule has 1 aromatic heterocycles. The number of benzene rings is 2. The number of rotatable bonds is 7. The Kier molecular flexibility index (Phi) is 6.49. The van der Waals surface area contributed by atoms with Gasteiger partial charge in [0.15, 0.2) is 12.4 Å². The third kappa shape index (κ3) is 4.36. The van der Waals surface area contributed by atoms with Gasteiger partial charge in [-0.3, -0.25) is 9.59 Å². The van der Waals surface area contributed by atoms with Crippen molar-refractivity contribution >= 4 is 44.5 Å². The first-order valence-electron chi connectivity index (χ1n) is 9.99. The summed E-state index contributed by atoms with van der Waals surface area (Å²) in [7, 11) is -2.53. The highest BCUT2D eigenvalue weighted by molar-refractivity contribution is 7.89. The van der Waals surface area contributed by atoms with E-state index in [1.54, 1.807) is 36.4 Å². The molecule has 1 atom stereocenters. The molecular weight excluding hydrogens is 454 g/mol. The van der Waals surface area contributed by atoms with E-state index in [1.165, 1.54) is 13.2 Å². The number of esters is 1. The molecule has 2 heterocycles. The Morgan fingerprint density at radius 1 is 1.16 bits per heavy atom. The molecule has 4 rings (SSSR count). The molecule has 0 radical (unpaired) electrons. The summed E-state index contributed by atoms with van der Waals surface area (Å²) in [6.07, 6.45) is 1.62. The highest BCUT2D eigenvalue weighted by Crippen LogP contribution is 2.30. The van der Waals surface area contributed by atoms with Crippen molar-refractivity contribution in [2.75, 3.05) is 20.3 Å². The van der Waals surface area contributed by atoms with Crippen molar-refractivity contribution in [2.24, 2.45) is 0 Å². The van der Waals surface area contributed by atoms with Crippen LogP contribution in [-0.4, -0.2) is 59.5 Å². The topological polar surface area (TPSA) is 116 Å². The molecule has 11 heteroatoms. The van der Waals surface area contributed by atoms with Crippen LogP contribution >= 0.6 is 11.7 Å². The number of methoxy groups -OCH3 is 1. The van der Waals surface area contributed by atoms with Crippen molar-refractivity contribution in [3.8, 4) is 5.75 Å². The molecule has 32 heavy (non-hydrogen) atoms. The normalized spacial score (nSPS) is 17.2. The van der Waals surface area contributed by atoms with Crippen LogP contribution in [0.25, 0.3) is 11.0 Å². The second kappa shape index (κ2) is 9.31. The summed E-state index contributed by atoms with van der Waals surface area (Å²) in [5.41, 5.74) is 1.10. The summed E-state index contributed by atoms with van der Waals surface area (Å²) in [5, 5.41) is 0. The molecule has 1 unspecified atom stereocenters. The van der Waals surface area contributed by atoms with Gasteiger partial charge >= 0.3 is 5.97 Å². The van der Waals surface area contributed by atoms with E-state index in [4.69, 9.17) is 9.47 Å². The number of fused-ring (bicyclic) bond motifs is 1. The SMILES string of the molecule is COc1cccc(C(=O)COC(=O)C2CCCCN2S(=O)(=O)c2cccc3nsnc23)c1. The van der Waals surface area contributed by atoms with Crippen molar-refractivity contribution < 1.29 is 27.5 Å². The van der Waals surface area contributed by atoms with Gasteiger partial charge in [-0.15, -0.1) is 0 Å². The number of ether oxygens (including phenoxy) is 2. The fraction of sp³-hybridized carbons (Fsp3) is 0.333. The van der Waals surface area contributed by atoms with E-state index >= 15 is 0 Å². The minimum absolute atomic E-state index is 0.0101. The molecule has 1 aliphatic rings. The van der Waals surface area contributed by atoms with Crippen LogP contribution < -0.4 is 4.74 Å². The van der Waals surface area contributed by atoms with Gasteiger partial charge in [-0.1, -0.05) is 18.2 Å². The van der Waals surface area contributed by atoms with Gasteiger partial charge in [0.1, 0.15) is 27.7 Å². The molecule has 0 bridgehead atoms. The fourth-order valence-corrected chi connectivity index (χ4v) is 6.06. The zero-order chi connectivity index (χ0) is 22.7. The summed E-state index contributed by atoms with van der Waals surface area (Å²) >= 11 is 0.928. The lowest BCUT2D eigenvalue weighted by molar-refractivity contribution is -0.148. The second-order valence-corrected chi connectivity index (χ2v) is 9.67. The summed E-state index contributed by atoms with van der Waals surface area (Å²) in [5.74, 6) is -0.633. The standard InChI is InChI=1S/C21H21N3O6S2/c1-29-15-7-4-6-14(12-15)18(25)13-30-21(26)17-9-2-3-11-24(17)32(27,28)19-10-5-8-16-20(19)23-31-22-16/h4-8,10,12,17H,2-3,9,11,13H2,1H3. The third-order valence-corrected chi connectivity index (χ3v) is 7.78. The highest BCUT2D eigenvalue weighted by atomic mass is 32.2. The maximum Gasteiger partial charge on any atom is 0.324 e. The van der Waals surface area contributed by atoms with Gasteiger partial charge in [-0.2, -0.15) is 13.1 Å². The maximum absolute atomic E-state index is 13.4. The van der Waals surface area contributed by atoms with Gasteiger partial charge < -0.3 is 9.47 Å². The van der Waals surface area contributed by atoms with Crippen molar-refractivity contribution in [3.63, 3.8) is 0 Å². The number of hydrogen-bond acceptors (Lipinski definition) is 9. The molecule has 9 nitrogen and oxygen atoms in total. The molecule has 168 valence electrons. The molecule has 0 aliphatic carbocycles. The molecule has 2 aromatic carbocycles. The van der Waals surface area contributed by atoms with E-state index < -0.39 is 34.4 Å². The largest absolute Gasteiger partial charge is 0.497 e. The number of sulfonamides is 1. The number of hydrogen-bond donors (Lipinski definition) is 0. The molecule has 1 saturated heterocycles. The van der Waals surface area contributed by atoms with Crippen LogP contribution in [0.4, 0.5) is 0 Å². The van der Waals surface area contributed by atoms with E-state index in [-0.39, 0.29) is 17.0 Å². The summed E-state index contributed by atoms with van der Waals surface area (Å²) in [4.78, 5) is 25.3. The number of piperidine rings is 1. The first-order valence-corrected chi connectivity index (χ1v) is 12.2. The predicted molar refractivity (Wildman–Crippen MR) is 117 cm³/mol. The molecule has 0 N–H and O–H groups in total. The lowest BCUT2D eigenvalue weighted by atomic mass is 10.1. The van der Waals surface area contributed by atoms with Crippen molar-refractivity contribution in [1.82, 2.24) is 13.1 Å². The number of ketones is 1. The average Bonchev–Trinajstić information content (AvgIpc) is 3.31. The van der Waals surface area contributed by atoms with Crippen LogP contribution in [0.1, 0.15) is 29.6 Å². The Bertz CT molecular complexity index is 1260. The van der Waals surface area contributed by atoms with Crippen LogP contribution in [-0.2, 0) is 19.6 Å². The van der Waals surface area contributed by atoms with Crippen molar-refractivity contribution in [2.45, 2.75) is 30.2 Å². The van der Waals surface area contributed by atoms with E-state index in [9.17, 15) is 18.0 Å². The van der Waals surface area contributed by atoms with Crippen LogP contribution in [0.3, 0.4) is 0 Å². The number of carbonyl (C=O) groups is 2. The maximum atomic E-state index is 13.4. The Hall–Kier alpha value is -2.89. The smallest absolute Gasteiger partial charge is 0.324 e. The molecule has 0 saturated carbocycles. The Balaban J connectivity index is 1.52. The number of Topliss-reactive ketones (excluding diaryl/α,β-unsaturated/α-hetero) is 1. The number of aromatic nitrogens is 2. The van der Waals surface area contributed by atoms with Crippen LogP contribution in [0.2, 0.25) is 0 Å². The van der Waals surface area contributed by atoms with Gasteiger partial charge in [0.05, 0.1) is 18.8 Å². The molecule has 0 amide bonds. The van der Waals surface area contributed by atoms with Gasteiger partial charge in [-0.05, 0) is 43.5 Å². The van der Waals surface area contributed by atoms with E-state index in [2.05, 4.69) is 8.75 Å². The molecule has 1 fully saturated rings. The lowest BCUT2D eigenvalue weighted by Crippen LogP contribution is -2.48. The second-order valence-electron chi connectivity index (χ2n) is 7.28. The van der Waals surface area contributed by atoms with Gasteiger partial charge in [-0.25, -0.2) is 8.42 Å². The fourth-order valence-electron chi connectivity index (χ4n) is 3.66. The molecule has 3 aromatic rings. The zero-order valence-electron chi connectivity index (χ0n) is 17.3. The monoisotopic (exact) mass is 475 g/mol. The summed E-state index contributed by atoms with van der Waals surface area (Å²) in [6.45, 7) is -0.304. The average molecular weight is 476 g/mol. The van der Waals surface area contributed by atoms with Crippen molar-refractivity contribution in [1.29, 1.82) is 0 Å². The molecule has 0 spiro atoms. The van der Waals surface area contributed by atoms with Crippen LogP contribution in [0.15, 0.2) is 47.4 Å². The quantitative estimate of drug-likeness (QED) is 0.378. The number of nitrogens with zero attached hydrogens (tertiary/aromatic N) is 3. The Morgan fingerprint density at radius 2 is 1.97 bits per heavy atom. The third-order valence-electron chi connectivity index (χ3n) is 5.30. The van der Waals surface area contributed by atoms with E-state index in [0.717, 1.165) is 16.0 Å². The zero-order valence-corrected chi connectivity index (χ0v) is 18.9. The minimum Gasteiger partial charge on any atom is -0.497 e. The van der Waals surface area contributed by atoms with Crippen LogP contribution in [0, 0.1) is 0 Å². The number of carbonyl (C=O) groups excluding carboxylic acids is 2. The Morgan fingerprint density at radius 3 is 2.78 bits per heavy atom. The van der Waals surface area contributed by atoms with Gasteiger partial charge in [0, 0.05) is 12.1 Å². The molecular formula is C21H21N3O6S2. The van der Waals surface area contributed by atoms with Crippen LogP contribution in [0.5, 0.6) is 5.75 Å². The summed E-state index contributed by atoms with van der Waals surface area (Å²) < 4.78 is 46.5. The van der Waals surface area contributed by atoms with Crippen molar-refractivity contribution in [3.05, 3.63) is 48.0 Å². The predicted octanol–water partition coefficient (Wildman–Crippen LogP) is 2.67. The lowest BCUT2D eigenvalue weighted by Gasteiger charge is -2.32. The molecule has 1 aliphatic heterocycles. The first kappa shape index (κ1) is 22.3. The van der Waals surface area contributed by atoms with E-state index in [1.807, 2.05) is 0 Å². The van der Waals surface area contributed by atoms with Gasteiger partial charge in [0.25, 0.3) is 0 Å². The first-order chi connectivity index (χ1) is 15.4. The van der Waals surface area contributed by atoms with Gasteiger partial charge in [0.2, 0.25) is 10.0 Å². The minimum atomic E-state index is -4.02. The Labute approximate surface area is 189 Å². The highest BCUT2D eigenvalue weighted by Gasteiger charge is 2.39. The van der Waals surface area contributed by atoms with E-state index in [0.29, 0.717) is 36.1 Å². The summed E-state index contributed by atoms with van der Waals surface area (Å²) in [6, 6.07) is 10.2.